The zero-order valence-corrected chi connectivity index (χ0v) is 14.0. The van der Waals surface area contributed by atoms with Crippen LogP contribution in [0.15, 0.2) is 0 Å². The van der Waals surface area contributed by atoms with E-state index in [0.29, 0.717) is 0 Å². The lowest BCUT2D eigenvalue weighted by Gasteiger charge is -2.32. The van der Waals surface area contributed by atoms with E-state index in [1.54, 1.807) is 0 Å². The Bertz CT molecular complexity index is 258. The van der Waals surface area contributed by atoms with Gasteiger partial charge in [-0.2, -0.15) is 0 Å². The van der Waals surface area contributed by atoms with E-state index >= 15 is 0 Å². The van der Waals surface area contributed by atoms with E-state index in [4.69, 9.17) is 0 Å². The highest BCUT2D eigenvalue weighted by atomic mass is 15.2. The van der Waals surface area contributed by atoms with Crippen molar-refractivity contribution in [2.45, 2.75) is 84.2 Å². The average molecular weight is 281 g/mol. The van der Waals surface area contributed by atoms with E-state index in [2.05, 4.69) is 31.0 Å². The first-order chi connectivity index (χ1) is 9.70. The van der Waals surface area contributed by atoms with E-state index in [0.717, 1.165) is 30.5 Å². The van der Waals surface area contributed by atoms with E-state index in [1.165, 1.54) is 64.5 Å². The molecule has 0 heterocycles. The van der Waals surface area contributed by atoms with Crippen LogP contribution in [0.25, 0.3) is 0 Å². The maximum atomic E-state index is 3.71. The van der Waals surface area contributed by atoms with Crippen molar-refractivity contribution in [3.63, 3.8) is 0 Å². The van der Waals surface area contributed by atoms with Crippen LogP contribution in [-0.4, -0.2) is 36.6 Å². The van der Waals surface area contributed by atoms with Gasteiger partial charge >= 0.3 is 0 Å². The van der Waals surface area contributed by atoms with Gasteiger partial charge in [0, 0.05) is 18.6 Å². The first-order valence-corrected chi connectivity index (χ1v) is 9.18. The van der Waals surface area contributed by atoms with Gasteiger partial charge in [-0.05, 0) is 57.0 Å². The Balaban J connectivity index is 1.81. The summed E-state index contributed by atoms with van der Waals surface area (Å²) in [6.07, 6.45) is 11.5. The Kier molecular flexibility index (Phi) is 6.83. The third-order valence-corrected chi connectivity index (χ3v) is 5.35. The number of hydrogen-bond acceptors (Lipinski definition) is 2. The molecule has 2 aliphatic rings. The van der Waals surface area contributed by atoms with Crippen molar-refractivity contribution >= 4 is 0 Å². The van der Waals surface area contributed by atoms with Crippen LogP contribution in [0.5, 0.6) is 0 Å². The molecule has 0 saturated heterocycles. The molecule has 118 valence electrons. The van der Waals surface area contributed by atoms with Crippen LogP contribution in [0.4, 0.5) is 0 Å². The molecule has 2 unspecified atom stereocenters. The Morgan fingerprint density at radius 1 is 1.05 bits per heavy atom. The summed E-state index contributed by atoms with van der Waals surface area (Å²) in [5.41, 5.74) is 0. The molecule has 1 N–H and O–H groups in total. The van der Waals surface area contributed by atoms with Crippen molar-refractivity contribution in [1.82, 2.24) is 10.2 Å². The molecule has 0 aromatic rings. The van der Waals surface area contributed by atoms with Gasteiger partial charge in [-0.1, -0.05) is 40.0 Å². The van der Waals surface area contributed by atoms with Crippen LogP contribution in [0, 0.1) is 11.8 Å². The quantitative estimate of drug-likeness (QED) is 0.721. The maximum absolute atomic E-state index is 3.71. The van der Waals surface area contributed by atoms with Crippen LogP contribution in [0.3, 0.4) is 0 Å². The van der Waals surface area contributed by atoms with Gasteiger partial charge in [-0.25, -0.2) is 0 Å². The Labute approximate surface area is 126 Å². The van der Waals surface area contributed by atoms with E-state index in [-0.39, 0.29) is 0 Å². The van der Waals surface area contributed by atoms with Gasteiger partial charge in [0.1, 0.15) is 0 Å². The number of nitrogens with one attached hydrogen (secondary N) is 1. The number of rotatable bonds is 8. The normalized spacial score (nSPS) is 28.1. The molecule has 0 radical (unpaired) electrons. The molecule has 2 heteroatoms. The van der Waals surface area contributed by atoms with Crippen LogP contribution < -0.4 is 5.32 Å². The number of hydrogen-bond donors (Lipinski definition) is 1. The predicted octanol–water partition coefficient (Wildman–Crippen LogP) is 4.06. The highest BCUT2D eigenvalue weighted by Crippen LogP contribution is 2.30. The molecule has 2 atom stereocenters. The molecule has 0 spiro atoms. The van der Waals surface area contributed by atoms with Gasteiger partial charge in [0.05, 0.1) is 0 Å². The van der Waals surface area contributed by atoms with Crippen LogP contribution in [-0.2, 0) is 0 Å². The standard InChI is InChI=1S/C18H36N2/c1-4-19-18-11-7-8-16(18)12-13-20(14-15(2)3)17-9-5-6-10-17/h15-19H,4-14H2,1-3H3. The molecular weight excluding hydrogens is 244 g/mol. The molecule has 2 saturated carbocycles. The Morgan fingerprint density at radius 2 is 1.80 bits per heavy atom. The molecule has 2 fully saturated rings. The summed E-state index contributed by atoms with van der Waals surface area (Å²) in [4.78, 5) is 2.83. The van der Waals surface area contributed by atoms with Crippen molar-refractivity contribution in [3.8, 4) is 0 Å². The molecule has 0 aromatic heterocycles. The third kappa shape index (κ3) is 4.73. The van der Waals surface area contributed by atoms with Gasteiger partial charge in [0.25, 0.3) is 0 Å². The van der Waals surface area contributed by atoms with Crippen LogP contribution in [0.1, 0.15) is 72.1 Å². The largest absolute Gasteiger partial charge is 0.314 e. The van der Waals surface area contributed by atoms with Crippen molar-refractivity contribution in [1.29, 1.82) is 0 Å². The molecule has 2 rings (SSSR count). The topological polar surface area (TPSA) is 15.3 Å². The molecule has 0 aromatic carbocycles. The summed E-state index contributed by atoms with van der Waals surface area (Å²) < 4.78 is 0. The minimum absolute atomic E-state index is 0.809. The predicted molar refractivity (Wildman–Crippen MR) is 88.1 cm³/mol. The molecule has 0 bridgehead atoms. The van der Waals surface area contributed by atoms with Crippen molar-refractivity contribution < 1.29 is 0 Å². The second kappa shape index (κ2) is 8.38. The van der Waals surface area contributed by atoms with Crippen molar-refractivity contribution in [2.24, 2.45) is 11.8 Å². The fourth-order valence-electron chi connectivity index (χ4n) is 4.41. The minimum atomic E-state index is 0.809. The lowest BCUT2D eigenvalue weighted by molar-refractivity contribution is 0.161. The average Bonchev–Trinajstić information content (AvgIpc) is 3.06. The van der Waals surface area contributed by atoms with Gasteiger partial charge in [0.2, 0.25) is 0 Å². The minimum Gasteiger partial charge on any atom is -0.314 e. The highest BCUT2D eigenvalue weighted by molar-refractivity contribution is 4.85. The van der Waals surface area contributed by atoms with Crippen LogP contribution >= 0.6 is 0 Å². The second-order valence-electron chi connectivity index (χ2n) is 7.47. The summed E-state index contributed by atoms with van der Waals surface area (Å²) in [6, 6.07) is 1.71. The molecule has 0 amide bonds. The summed E-state index contributed by atoms with van der Waals surface area (Å²) in [5, 5.41) is 3.71. The smallest absolute Gasteiger partial charge is 0.00956 e. The zero-order chi connectivity index (χ0) is 14.4. The Morgan fingerprint density at radius 3 is 2.45 bits per heavy atom. The summed E-state index contributed by atoms with van der Waals surface area (Å²) in [6.45, 7) is 10.8. The van der Waals surface area contributed by atoms with Gasteiger partial charge in [-0.3, -0.25) is 0 Å². The first kappa shape index (κ1) is 16.3. The fraction of sp³-hybridized carbons (Fsp3) is 1.00. The van der Waals surface area contributed by atoms with E-state index in [9.17, 15) is 0 Å². The monoisotopic (exact) mass is 280 g/mol. The summed E-state index contributed by atoms with van der Waals surface area (Å²) in [7, 11) is 0. The first-order valence-electron chi connectivity index (χ1n) is 9.18. The van der Waals surface area contributed by atoms with Crippen LogP contribution in [0.2, 0.25) is 0 Å². The lowest BCUT2D eigenvalue weighted by Crippen LogP contribution is -2.39. The third-order valence-electron chi connectivity index (χ3n) is 5.35. The highest BCUT2D eigenvalue weighted by Gasteiger charge is 2.28. The SMILES string of the molecule is CCNC1CCCC1CCN(CC(C)C)C1CCCC1. The molecule has 2 nitrogen and oxygen atoms in total. The molecule has 0 aliphatic heterocycles. The molecular formula is C18H36N2. The summed E-state index contributed by atoms with van der Waals surface area (Å²) >= 11 is 0. The lowest BCUT2D eigenvalue weighted by atomic mass is 9.98. The second-order valence-corrected chi connectivity index (χ2v) is 7.47. The molecule has 20 heavy (non-hydrogen) atoms. The summed E-state index contributed by atoms with van der Waals surface area (Å²) in [5.74, 6) is 1.75. The van der Waals surface area contributed by atoms with Gasteiger partial charge in [0.15, 0.2) is 0 Å². The van der Waals surface area contributed by atoms with Gasteiger partial charge in [-0.15, -0.1) is 0 Å². The maximum Gasteiger partial charge on any atom is 0.00956 e. The van der Waals surface area contributed by atoms with E-state index in [1.807, 2.05) is 0 Å². The molecule has 2 aliphatic carbocycles. The van der Waals surface area contributed by atoms with E-state index < -0.39 is 0 Å². The van der Waals surface area contributed by atoms with Gasteiger partial charge < -0.3 is 10.2 Å². The number of nitrogens with zero attached hydrogens (tertiary/aromatic N) is 1. The fourth-order valence-corrected chi connectivity index (χ4v) is 4.41. The Hall–Kier alpha value is -0.0800. The van der Waals surface area contributed by atoms with Crippen molar-refractivity contribution in [3.05, 3.63) is 0 Å². The van der Waals surface area contributed by atoms with Crippen molar-refractivity contribution in [2.75, 3.05) is 19.6 Å². The zero-order valence-electron chi connectivity index (χ0n) is 14.0.